The Morgan fingerprint density at radius 1 is 1.09 bits per heavy atom. The van der Waals surface area contributed by atoms with Crippen molar-refractivity contribution >= 4 is 21.7 Å². The summed E-state index contributed by atoms with van der Waals surface area (Å²) >= 11 is 3.35. The average Bonchev–Trinajstić information content (AvgIpc) is 2.81. The highest BCUT2D eigenvalue weighted by atomic mass is 79.9. The predicted octanol–water partition coefficient (Wildman–Crippen LogP) is 4.76. The van der Waals surface area contributed by atoms with Crippen molar-refractivity contribution in [2.75, 3.05) is 13.1 Å². The summed E-state index contributed by atoms with van der Waals surface area (Å²) in [5.74, 6) is 0.374. The molecule has 2 aromatic heterocycles. The van der Waals surface area contributed by atoms with Gasteiger partial charge in [0.15, 0.2) is 5.78 Å². The number of carbonyl (C=O) groups is 1. The lowest BCUT2D eigenvalue weighted by atomic mass is 10.0. The summed E-state index contributed by atoms with van der Waals surface area (Å²) in [6.45, 7) is 5.43. The molecule has 0 radical (unpaired) electrons. The normalized spacial score (nSPS) is 14.2. The summed E-state index contributed by atoms with van der Waals surface area (Å²) in [7, 11) is 0. The van der Waals surface area contributed by atoms with Gasteiger partial charge in [-0.25, -0.2) is 0 Å². The first-order chi connectivity index (χ1) is 16.0. The number of ether oxygens (including phenoxy) is 1. The zero-order chi connectivity index (χ0) is 23.2. The van der Waals surface area contributed by atoms with Crippen LogP contribution in [0.5, 0.6) is 5.75 Å². The van der Waals surface area contributed by atoms with Crippen LogP contribution in [0.1, 0.15) is 46.4 Å². The second kappa shape index (κ2) is 10.9. The second-order valence-corrected chi connectivity index (χ2v) is 9.41. The molecule has 3 heterocycles. The maximum absolute atomic E-state index is 12.9. The number of nitrogens with zero attached hydrogens (tertiary/aromatic N) is 3. The number of carbonyl (C=O) groups excluding carboxylic acids is 1. The molecule has 172 valence electrons. The van der Waals surface area contributed by atoms with Gasteiger partial charge in [-0.05, 0) is 78.1 Å². The molecule has 1 aliphatic rings. The van der Waals surface area contributed by atoms with E-state index in [1.165, 1.54) is 35.5 Å². The molecule has 1 aliphatic heterocycles. The number of aromatic nitrogens is 2. The van der Waals surface area contributed by atoms with Gasteiger partial charge in [0.2, 0.25) is 0 Å². The molecule has 1 fully saturated rings. The van der Waals surface area contributed by atoms with E-state index in [-0.39, 0.29) is 24.5 Å². The van der Waals surface area contributed by atoms with Crippen molar-refractivity contribution in [3.05, 3.63) is 92.1 Å². The van der Waals surface area contributed by atoms with Crippen LogP contribution in [-0.2, 0) is 19.7 Å². The Hall–Kier alpha value is -2.77. The Morgan fingerprint density at radius 2 is 1.91 bits per heavy atom. The number of hydrogen-bond acceptors (Lipinski definition) is 5. The van der Waals surface area contributed by atoms with E-state index >= 15 is 0 Å². The zero-order valence-electron chi connectivity index (χ0n) is 18.8. The minimum atomic E-state index is -0.274. The van der Waals surface area contributed by atoms with Gasteiger partial charge in [0, 0.05) is 35.0 Å². The van der Waals surface area contributed by atoms with Crippen LogP contribution >= 0.6 is 15.9 Å². The highest BCUT2D eigenvalue weighted by Gasteiger charge is 2.14. The van der Waals surface area contributed by atoms with E-state index in [2.05, 4.69) is 31.9 Å². The molecular weight excluding hydrogens is 482 g/mol. The molecule has 0 bridgehead atoms. The van der Waals surface area contributed by atoms with Gasteiger partial charge in [0.1, 0.15) is 12.4 Å². The third-order valence-corrected chi connectivity index (χ3v) is 6.37. The first-order valence-corrected chi connectivity index (χ1v) is 12.1. The van der Waals surface area contributed by atoms with Gasteiger partial charge in [-0.2, -0.15) is 0 Å². The maximum atomic E-state index is 12.9. The summed E-state index contributed by atoms with van der Waals surface area (Å²) < 4.78 is 7.98. The van der Waals surface area contributed by atoms with Crippen LogP contribution in [0, 0.1) is 6.92 Å². The fraction of sp³-hybridized carbons (Fsp3) is 0.346. The minimum Gasteiger partial charge on any atom is -0.487 e. The molecule has 4 rings (SSSR count). The number of benzene rings is 1. The molecule has 1 aromatic carbocycles. The Kier molecular flexibility index (Phi) is 7.73. The summed E-state index contributed by atoms with van der Waals surface area (Å²) in [4.78, 5) is 32.1. The van der Waals surface area contributed by atoms with Crippen LogP contribution in [0.4, 0.5) is 0 Å². The van der Waals surface area contributed by atoms with Crippen LogP contribution < -0.4 is 10.3 Å². The lowest BCUT2D eigenvalue weighted by Crippen LogP contribution is -2.29. The number of piperidine rings is 1. The zero-order valence-corrected chi connectivity index (χ0v) is 20.4. The van der Waals surface area contributed by atoms with E-state index < -0.39 is 0 Å². The predicted molar refractivity (Wildman–Crippen MR) is 132 cm³/mol. The number of Topliss-reactive ketones (excluding diaryl/α,β-unsaturated/α-hetero) is 1. The van der Waals surface area contributed by atoms with E-state index in [0.29, 0.717) is 11.3 Å². The van der Waals surface area contributed by atoms with E-state index in [1.807, 2.05) is 31.2 Å². The molecule has 33 heavy (non-hydrogen) atoms. The SMILES string of the molecule is Cc1cc(CN2CCCCC2)ccc1C(=O)Cn1ccc(OCc2ccc(Br)cn2)cc1=O. The average molecular weight is 510 g/mol. The van der Waals surface area contributed by atoms with Crippen molar-refractivity contribution in [3.8, 4) is 5.75 Å². The second-order valence-electron chi connectivity index (χ2n) is 8.49. The molecule has 0 amide bonds. The highest BCUT2D eigenvalue weighted by Crippen LogP contribution is 2.17. The van der Waals surface area contributed by atoms with Gasteiger partial charge in [-0.3, -0.25) is 19.5 Å². The number of aryl methyl sites for hydroxylation is 1. The molecule has 1 saturated heterocycles. The third kappa shape index (κ3) is 6.39. The lowest BCUT2D eigenvalue weighted by molar-refractivity contribution is 0.0970. The van der Waals surface area contributed by atoms with Crippen molar-refractivity contribution in [1.29, 1.82) is 0 Å². The van der Waals surface area contributed by atoms with E-state index in [1.54, 1.807) is 18.5 Å². The van der Waals surface area contributed by atoms with E-state index in [4.69, 9.17) is 4.74 Å². The minimum absolute atomic E-state index is 0.000305. The first-order valence-electron chi connectivity index (χ1n) is 11.3. The number of halogens is 1. The molecule has 0 spiro atoms. The molecule has 0 N–H and O–H groups in total. The van der Waals surface area contributed by atoms with Gasteiger partial charge in [0.05, 0.1) is 12.2 Å². The van der Waals surface area contributed by atoms with Crippen LogP contribution in [-0.4, -0.2) is 33.3 Å². The van der Waals surface area contributed by atoms with Crippen LogP contribution in [0.15, 0.2) is 64.1 Å². The quantitative estimate of drug-likeness (QED) is 0.409. The standard InChI is InChI=1S/C26H28BrN3O3/c1-19-13-20(16-29-10-3-2-4-11-29)5-8-24(19)25(31)17-30-12-9-23(14-26(30)32)33-18-22-7-6-21(27)15-28-22/h5-9,12-15H,2-4,10-11,16-18H2,1H3. The largest absolute Gasteiger partial charge is 0.487 e. The molecular formula is C26H28BrN3O3. The molecule has 0 aliphatic carbocycles. The molecule has 6 nitrogen and oxygen atoms in total. The number of hydrogen-bond donors (Lipinski definition) is 0. The first kappa shape index (κ1) is 23.4. The fourth-order valence-electron chi connectivity index (χ4n) is 4.11. The maximum Gasteiger partial charge on any atom is 0.254 e. The van der Waals surface area contributed by atoms with Crippen molar-refractivity contribution in [3.63, 3.8) is 0 Å². The third-order valence-electron chi connectivity index (χ3n) is 5.90. The molecule has 0 atom stereocenters. The van der Waals surface area contributed by atoms with Crippen molar-refractivity contribution in [2.24, 2.45) is 0 Å². The fourth-order valence-corrected chi connectivity index (χ4v) is 4.35. The van der Waals surface area contributed by atoms with Gasteiger partial charge < -0.3 is 9.30 Å². The summed E-state index contributed by atoms with van der Waals surface area (Å²) in [5, 5.41) is 0. The molecule has 0 unspecified atom stereocenters. The Labute approximate surface area is 202 Å². The van der Waals surface area contributed by atoms with Gasteiger partial charge >= 0.3 is 0 Å². The number of rotatable bonds is 8. The van der Waals surface area contributed by atoms with E-state index in [9.17, 15) is 9.59 Å². The summed E-state index contributed by atoms with van der Waals surface area (Å²) in [6, 6.07) is 12.9. The topological polar surface area (TPSA) is 64.4 Å². The summed E-state index contributed by atoms with van der Waals surface area (Å²) in [5.41, 5.74) is 3.32. The van der Waals surface area contributed by atoms with Crippen LogP contribution in [0.25, 0.3) is 0 Å². The van der Waals surface area contributed by atoms with Gasteiger partial charge in [-0.15, -0.1) is 0 Å². The number of pyridine rings is 2. The number of ketones is 1. The molecule has 0 saturated carbocycles. The lowest BCUT2D eigenvalue weighted by Gasteiger charge is -2.26. The monoisotopic (exact) mass is 509 g/mol. The summed E-state index contributed by atoms with van der Waals surface area (Å²) in [6.07, 6.45) is 7.14. The van der Waals surface area contributed by atoms with Gasteiger partial charge in [0.25, 0.3) is 5.56 Å². The Bertz CT molecular complexity index is 1170. The van der Waals surface area contributed by atoms with Crippen LogP contribution in [0.3, 0.4) is 0 Å². The van der Waals surface area contributed by atoms with Crippen LogP contribution in [0.2, 0.25) is 0 Å². The smallest absolute Gasteiger partial charge is 0.254 e. The highest BCUT2D eigenvalue weighted by molar-refractivity contribution is 9.10. The van der Waals surface area contributed by atoms with Crippen molar-refractivity contribution in [2.45, 2.75) is 45.9 Å². The Morgan fingerprint density at radius 3 is 2.61 bits per heavy atom. The molecule has 3 aromatic rings. The van der Waals surface area contributed by atoms with E-state index in [0.717, 1.165) is 35.4 Å². The van der Waals surface area contributed by atoms with Gasteiger partial charge in [-0.1, -0.05) is 24.6 Å². The van der Waals surface area contributed by atoms with Crippen molar-refractivity contribution in [1.82, 2.24) is 14.5 Å². The van der Waals surface area contributed by atoms with Crippen molar-refractivity contribution < 1.29 is 9.53 Å². The molecule has 7 heteroatoms. The number of likely N-dealkylation sites (tertiary alicyclic amines) is 1. The Balaban J connectivity index is 1.37.